The summed E-state index contributed by atoms with van der Waals surface area (Å²) < 4.78 is 13.4. The van der Waals surface area contributed by atoms with Gasteiger partial charge in [-0.15, -0.1) is 0 Å². The minimum atomic E-state index is -0.366. The minimum Gasteiger partial charge on any atom is -0.361 e. The Balaban J connectivity index is 2.06. The second-order valence-electron chi connectivity index (χ2n) is 4.73. The molecule has 1 heterocycles. The standard InChI is InChI=1S/C17H10Cl2FNO/c18-11-4-5-13(15(19)9-11)17(22)14-6-7-21-16(14)10-2-1-3-12(20)8-10/h1-9,21H. The van der Waals surface area contributed by atoms with Gasteiger partial charge in [0.2, 0.25) is 0 Å². The Morgan fingerprint density at radius 2 is 1.82 bits per heavy atom. The third-order valence-electron chi connectivity index (χ3n) is 3.28. The topological polar surface area (TPSA) is 32.9 Å². The number of nitrogens with one attached hydrogen (secondary N) is 1. The molecule has 0 aliphatic carbocycles. The maximum Gasteiger partial charge on any atom is 0.196 e. The Kier molecular flexibility index (Phi) is 4.01. The van der Waals surface area contributed by atoms with Crippen LogP contribution in [0.4, 0.5) is 4.39 Å². The summed E-state index contributed by atoms with van der Waals surface area (Å²) in [5.41, 5.74) is 1.92. The highest BCUT2D eigenvalue weighted by atomic mass is 35.5. The van der Waals surface area contributed by atoms with Gasteiger partial charge in [-0.25, -0.2) is 4.39 Å². The van der Waals surface area contributed by atoms with Crippen LogP contribution in [0.2, 0.25) is 10.0 Å². The minimum absolute atomic E-state index is 0.248. The molecule has 22 heavy (non-hydrogen) atoms. The lowest BCUT2D eigenvalue weighted by atomic mass is 10.00. The van der Waals surface area contributed by atoms with Crippen LogP contribution in [0.1, 0.15) is 15.9 Å². The summed E-state index contributed by atoms with van der Waals surface area (Å²) in [6.45, 7) is 0. The number of benzene rings is 2. The maximum atomic E-state index is 13.4. The van der Waals surface area contributed by atoms with E-state index < -0.39 is 0 Å². The normalized spacial score (nSPS) is 10.7. The summed E-state index contributed by atoms with van der Waals surface area (Å²) >= 11 is 11.9. The number of ketones is 1. The lowest BCUT2D eigenvalue weighted by Gasteiger charge is -2.06. The van der Waals surface area contributed by atoms with Crippen LogP contribution in [-0.4, -0.2) is 10.8 Å². The number of carbonyl (C=O) groups is 1. The van der Waals surface area contributed by atoms with E-state index in [-0.39, 0.29) is 16.6 Å². The van der Waals surface area contributed by atoms with Crippen molar-refractivity contribution in [2.24, 2.45) is 0 Å². The second kappa shape index (κ2) is 5.95. The highest BCUT2D eigenvalue weighted by molar-refractivity contribution is 6.37. The van der Waals surface area contributed by atoms with Gasteiger partial charge in [-0.2, -0.15) is 0 Å². The van der Waals surface area contributed by atoms with Crippen molar-refractivity contribution in [1.82, 2.24) is 4.98 Å². The summed E-state index contributed by atoms with van der Waals surface area (Å²) in [4.78, 5) is 15.7. The van der Waals surface area contributed by atoms with E-state index in [4.69, 9.17) is 23.2 Å². The Bertz CT molecular complexity index is 857. The highest BCUT2D eigenvalue weighted by Crippen LogP contribution is 2.28. The molecule has 0 amide bonds. The van der Waals surface area contributed by atoms with Crippen LogP contribution in [0, 0.1) is 5.82 Å². The number of H-pyrrole nitrogens is 1. The van der Waals surface area contributed by atoms with Crippen molar-refractivity contribution in [2.75, 3.05) is 0 Å². The summed E-state index contributed by atoms with van der Waals surface area (Å²) in [5, 5.41) is 0.741. The van der Waals surface area contributed by atoms with Crippen LogP contribution in [0.5, 0.6) is 0 Å². The zero-order chi connectivity index (χ0) is 15.7. The average molecular weight is 334 g/mol. The van der Waals surface area contributed by atoms with Crippen molar-refractivity contribution in [3.05, 3.63) is 81.7 Å². The number of rotatable bonds is 3. The molecular formula is C17H10Cl2FNO. The molecule has 0 aliphatic rings. The zero-order valence-corrected chi connectivity index (χ0v) is 12.8. The number of hydrogen-bond acceptors (Lipinski definition) is 1. The molecule has 0 aliphatic heterocycles. The Morgan fingerprint density at radius 3 is 2.55 bits per heavy atom. The largest absolute Gasteiger partial charge is 0.361 e. The van der Waals surface area contributed by atoms with Crippen molar-refractivity contribution in [2.45, 2.75) is 0 Å². The molecule has 1 N–H and O–H groups in total. The molecular weight excluding hydrogens is 324 g/mol. The van der Waals surface area contributed by atoms with Crippen LogP contribution < -0.4 is 0 Å². The Labute approximate surface area is 136 Å². The summed E-state index contributed by atoms with van der Waals surface area (Å²) in [6.07, 6.45) is 1.64. The van der Waals surface area contributed by atoms with E-state index in [1.54, 1.807) is 36.5 Å². The monoisotopic (exact) mass is 333 g/mol. The van der Waals surface area contributed by atoms with Gasteiger partial charge in [0.05, 0.1) is 10.7 Å². The van der Waals surface area contributed by atoms with E-state index in [0.29, 0.717) is 27.4 Å². The molecule has 0 unspecified atom stereocenters. The molecule has 0 spiro atoms. The smallest absolute Gasteiger partial charge is 0.196 e. The first-order valence-corrected chi connectivity index (χ1v) is 7.25. The van der Waals surface area contributed by atoms with E-state index in [1.165, 1.54) is 18.2 Å². The van der Waals surface area contributed by atoms with Gasteiger partial charge in [0.15, 0.2) is 5.78 Å². The highest BCUT2D eigenvalue weighted by Gasteiger charge is 2.18. The molecule has 2 aromatic carbocycles. The SMILES string of the molecule is O=C(c1ccc(Cl)cc1Cl)c1cc[nH]c1-c1cccc(F)c1. The van der Waals surface area contributed by atoms with Crippen molar-refractivity contribution in [1.29, 1.82) is 0 Å². The third kappa shape index (κ3) is 2.78. The lowest BCUT2D eigenvalue weighted by Crippen LogP contribution is -2.03. The van der Waals surface area contributed by atoms with Crippen LogP contribution in [-0.2, 0) is 0 Å². The molecule has 0 saturated carbocycles. The summed E-state index contributed by atoms with van der Waals surface area (Å²) in [6, 6.07) is 12.4. The molecule has 0 saturated heterocycles. The van der Waals surface area contributed by atoms with Crippen LogP contribution >= 0.6 is 23.2 Å². The lowest BCUT2D eigenvalue weighted by molar-refractivity contribution is 0.103. The van der Waals surface area contributed by atoms with E-state index in [0.717, 1.165) is 0 Å². The second-order valence-corrected chi connectivity index (χ2v) is 5.57. The average Bonchev–Trinajstić information content (AvgIpc) is 2.96. The van der Waals surface area contributed by atoms with Gasteiger partial charge in [-0.3, -0.25) is 4.79 Å². The van der Waals surface area contributed by atoms with Gasteiger partial charge in [0.1, 0.15) is 5.82 Å². The number of carbonyl (C=O) groups excluding carboxylic acids is 1. The van der Waals surface area contributed by atoms with Gasteiger partial charge >= 0.3 is 0 Å². The third-order valence-corrected chi connectivity index (χ3v) is 3.83. The van der Waals surface area contributed by atoms with Crippen LogP contribution in [0.25, 0.3) is 11.3 Å². The molecule has 0 bridgehead atoms. The quantitative estimate of drug-likeness (QED) is 0.643. The zero-order valence-electron chi connectivity index (χ0n) is 11.2. The molecule has 5 heteroatoms. The van der Waals surface area contributed by atoms with E-state index in [2.05, 4.69) is 4.98 Å². The van der Waals surface area contributed by atoms with E-state index in [9.17, 15) is 9.18 Å². The first kappa shape index (κ1) is 14.8. The number of hydrogen-bond donors (Lipinski definition) is 1. The van der Waals surface area contributed by atoms with Crippen molar-refractivity contribution >= 4 is 29.0 Å². The number of aromatic nitrogens is 1. The van der Waals surface area contributed by atoms with E-state index >= 15 is 0 Å². The summed E-state index contributed by atoms with van der Waals surface area (Å²) in [5.74, 6) is -0.614. The number of aromatic amines is 1. The molecule has 3 rings (SSSR count). The first-order valence-electron chi connectivity index (χ1n) is 6.49. The number of halogens is 3. The fourth-order valence-electron chi connectivity index (χ4n) is 2.26. The van der Waals surface area contributed by atoms with Crippen molar-refractivity contribution in [3.8, 4) is 11.3 Å². The van der Waals surface area contributed by atoms with Gasteiger partial charge in [-0.05, 0) is 36.4 Å². The Morgan fingerprint density at radius 1 is 1.00 bits per heavy atom. The van der Waals surface area contributed by atoms with Crippen molar-refractivity contribution in [3.63, 3.8) is 0 Å². The predicted molar refractivity (Wildman–Crippen MR) is 86.1 cm³/mol. The molecule has 0 atom stereocenters. The van der Waals surface area contributed by atoms with E-state index in [1.807, 2.05) is 0 Å². The Hall–Kier alpha value is -2.10. The van der Waals surface area contributed by atoms with Crippen molar-refractivity contribution < 1.29 is 9.18 Å². The molecule has 1 aromatic heterocycles. The van der Waals surface area contributed by atoms with Gasteiger partial charge in [-0.1, -0.05) is 35.3 Å². The molecule has 3 aromatic rings. The van der Waals surface area contributed by atoms with Gasteiger partial charge in [0, 0.05) is 27.9 Å². The summed E-state index contributed by atoms with van der Waals surface area (Å²) in [7, 11) is 0. The van der Waals surface area contributed by atoms with Crippen LogP contribution in [0.15, 0.2) is 54.7 Å². The fourth-order valence-corrected chi connectivity index (χ4v) is 2.75. The predicted octanol–water partition coefficient (Wildman–Crippen LogP) is 5.36. The van der Waals surface area contributed by atoms with Gasteiger partial charge in [0.25, 0.3) is 0 Å². The van der Waals surface area contributed by atoms with Gasteiger partial charge < -0.3 is 4.98 Å². The molecule has 0 fully saturated rings. The van der Waals surface area contributed by atoms with Crippen LogP contribution in [0.3, 0.4) is 0 Å². The molecule has 0 radical (unpaired) electrons. The fraction of sp³-hybridized carbons (Fsp3) is 0. The maximum absolute atomic E-state index is 13.4. The first-order chi connectivity index (χ1) is 10.6. The molecule has 2 nitrogen and oxygen atoms in total. The molecule has 110 valence electrons.